The van der Waals surface area contributed by atoms with Crippen molar-refractivity contribution in [2.45, 2.75) is 99.3 Å². The Bertz CT molecular complexity index is 2190. The second kappa shape index (κ2) is 20.9. The van der Waals surface area contributed by atoms with Crippen LogP contribution in [0.1, 0.15) is 55.6 Å². The molecular weight excluding hydrogens is 795 g/mol. The summed E-state index contributed by atoms with van der Waals surface area (Å²) in [6, 6.07) is 47.4. The van der Waals surface area contributed by atoms with Crippen molar-refractivity contribution in [2.75, 3.05) is 13.7 Å². The van der Waals surface area contributed by atoms with Crippen LogP contribution in [-0.4, -0.2) is 44.4 Å². The van der Waals surface area contributed by atoms with Crippen molar-refractivity contribution in [3.63, 3.8) is 0 Å². The van der Waals surface area contributed by atoms with Gasteiger partial charge in [-0.05, 0) is 115 Å². The molecule has 0 radical (unpaired) electrons. The smallest absolute Gasteiger partial charge is 0.186 e. The molecule has 0 unspecified atom stereocenters. The lowest BCUT2D eigenvalue weighted by Crippen LogP contribution is -2.61. The molecule has 1 fully saturated rings. The van der Waals surface area contributed by atoms with Gasteiger partial charge in [-0.15, -0.1) is 0 Å². The molecule has 0 amide bonds. The summed E-state index contributed by atoms with van der Waals surface area (Å²) in [6.45, 7) is 18.2. The van der Waals surface area contributed by atoms with Crippen LogP contribution in [0.25, 0.3) is 0 Å². The lowest BCUT2D eigenvalue weighted by molar-refractivity contribution is -0.298. The molecule has 6 aromatic rings. The lowest BCUT2D eigenvalue weighted by Gasteiger charge is -2.47. The van der Waals surface area contributed by atoms with Crippen molar-refractivity contribution in [3.05, 3.63) is 189 Å². The minimum Gasteiger partial charge on any atom is -0.374 e. The summed E-state index contributed by atoms with van der Waals surface area (Å²) in [4.78, 5) is 0. The van der Waals surface area contributed by atoms with Crippen LogP contribution < -0.4 is 21.2 Å². The van der Waals surface area contributed by atoms with Crippen LogP contribution in [0.5, 0.6) is 0 Å². The maximum Gasteiger partial charge on any atom is 0.186 e. The molecule has 0 aromatic heterocycles. The van der Waals surface area contributed by atoms with Gasteiger partial charge in [0.05, 0.1) is 36.1 Å². The van der Waals surface area contributed by atoms with Crippen molar-refractivity contribution in [2.24, 2.45) is 0 Å². The summed E-state index contributed by atoms with van der Waals surface area (Å²) in [5.74, 6) is 0. The van der Waals surface area contributed by atoms with E-state index in [2.05, 4.69) is 152 Å². The Labute approximate surface area is 366 Å². The van der Waals surface area contributed by atoms with Gasteiger partial charge in [0, 0.05) is 28.3 Å². The van der Waals surface area contributed by atoms with Gasteiger partial charge >= 0.3 is 0 Å². The van der Waals surface area contributed by atoms with E-state index in [1.54, 1.807) is 7.11 Å². The minimum atomic E-state index is -1.41. The van der Waals surface area contributed by atoms with E-state index in [4.69, 9.17) is 28.0 Å². The van der Waals surface area contributed by atoms with E-state index in [0.717, 1.165) is 32.3 Å². The van der Waals surface area contributed by atoms with E-state index in [9.17, 15) is 0 Å². The van der Waals surface area contributed by atoms with Crippen molar-refractivity contribution < 1.29 is 28.0 Å². The molecule has 0 spiro atoms. The lowest BCUT2D eigenvalue weighted by atomic mass is 9.99. The van der Waals surface area contributed by atoms with E-state index in [0.29, 0.717) is 13.2 Å². The number of ether oxygens (including phenoxy) is 4. The largest absolute Gasteiger partial charge is 0.374 e. The molecule has 318 valence electrons. The third-order valence-electron chi connectivity index (χ3n) is 10.7. The van der Waals surface area contributed by atoms with Crippen molar-refractivity contribution in [3.8, 4) is 0 Å². The molecule has 0 N–H and O–H groups in total. The number of benzene rings is 6. The van der Waals surface area contributed by atoms with Gasteiger partial charge in [-0.3, -0.25) is 0 Å². The van der Waals surface area contributed by atoms with Crippen LogP contribution >= 0.6 is 16.3 Å². The monoisotopic (exact) mass is 854 g/mol. The SMILES string of the molecule is CO[C@H]1O[C@H](COCc2ccccc2)[C@@H](OP(c2cc(C)cc(C)c2)c2cc(C)cc(C)c2)[C@H](OP(c2cc(C)cc(C)c2)c2cc(C)cc(C)c2)[C@@H]1OCc1ccccc1. The molecule has 1 heterocycles. The predicted molar refractivity (Wildman–Crippen MR) is 253 cm³/mol. The quantitative estimate of drug-likeness (QED) is 0.0904. The Morgan fingerprint density at radius 3 is 1.18 bits per heavy atom. The molecule has 61 heavy (non-hydrogen) atoms. The van der Waals surface area contributed by atoms with Gasteiger partial charge in [-0.1, -0.05) is 129 Å². The highest BCUT2D eigenvalue weighted by Gasteiger charge is 2.51. The molecule has 0 aliphatic carbocycles. The van der Waals surface area contributed by atoms with Crippen molar-refractivity contribution >= 4 is 37.5 Å². The normalized spacial score (nSPS) is 19.2. The molecule has 1 aliphatic heterocycles. The number of rotatable bonds is 16. The highest BCUT2D eigenvalue weighted by Crippen LogP contribution is 2.47. The molecule has 0 saturated carbocycles. The fraction of sp³-hybridized carbons (Fsp3) is 0.321. The molecule has 1 saturated heterocycles. The van der Waals surface area contributed by atoms with E-state index in [1.807, 2.05) is 36.4 Å². The van der Waals surface area contributed by atoms with Crippen LogP contribution in [0.3, 0.4) is 0 Å². The third-order valence-corrected chi connectivity index (χ3v) is 14.5. The fourth-order valence-corrected chi connectivity index (χ4v) is 12.9. The Balaban J connectivity index is 1.40. The maximum atomic E-state index is 7.80. The molecule has 7 rings (SSSR count). The first-order chi connectivity index (χ1) is 29.4. The van der Waals surface area contributed by atoms with Crippen LogP contribution in [0, 0.1) is 55.4 Å². The number of methoxy groups -OCH3 is 1. The minimum absolute atomic E-state index is 0.249. The highest BCUT2D eigenvalue weighted by molar-refractivity contribution is 7.69. The zero-order valence-corrected chi connectivity index (χ0v) is 38.8. The first kappa shape index (κ1) is 45.0. The zero-order valence-electron chi connectivity index (χ0n) is 37.1. The second-order valence-corrected chi connectivity index (χ2v) is 20.3. The van der Waals surface area contributed by atoms with Gasteiger partial charge in [0.2, 0.25) is 0 Å². The van der Waals surface area contributed by atoms with E-state index < -0.39 is 47.0 Å². The first-order valence-electron chi connectivity index (χ1n) is 21.1. The fourth-order valence-electron chi connectivity index (χ4n) is 8.32. The Morgan fingerprint density at radius 1 is 0.443 bits per heavy atom. The average Bonchev–Trinajstić information content (AvgIpc) is 3.21. The molecule has 6 aromatic carbocycles. The van der Waals surface area contributed by atoms with Crippen molar-refractivity contribution in [1.29, 1.82) is 0 Å². The Kier molecular flexibility index (Phi) is 15.4. The number of hydrogen-bond donors (Lipinski definition) is 0. The molecular formula is C53H60O6P2. The first-order valence-corrected chi connectivity index (χ1v) is 23.7. The van der Waals surface area contributed by atoms with Crippen LogP contribution in [-0.2, 0) is 41.2 Å². The van der Waals surface area contributed by atoms with Crippen LogP contribution in [0.2, 0.25) is 0 Å². The van der Waals surface area contributed by atoms with Crippen LogP contribution in [0.15, 0.2) is 133 Å². The molecule has 5 atom stereocenters. The third kappa shape index (κ3) is 11.9. The summed E-state index contributed by atoms with van der Waals surface area (Å²) in [6.07, 6.45) is -3.31. The van der Waals surface area contributed by atoms with Gasteiger partial charge < -0.3 is 28.0 Å². The molecule has 1 aliphatic rings. The van der Waals surface area contributed by atoms with E-state index >= 15 is 0 Å². The maximum absolute atomic E-state index is 7.80. The average molecular weight is 855 g/mol. The van der Waals surface area contributed by atoms with E-state index in [-0.39, 0.29) is 6.61 Å². The summed E-state index contributed by atoms with van der Waals surface area (Å²) in [5, 5.41) is 4.51. The summed E-state index contributed by atoms with van der Waals surface area (Å²) >= 11 is 0. The molecule has 6 nitrogen and oxygen atoms in total. The van der Waals surface area contributed by atoms with Gasteiger partial charge in [0.25, 0.3) is 0 Å². The number of hydrogen-bond acceptors (Lipinski definition) is 6. The second-order valence-electron chi connectivity index (χ2n) is 16.7. The van der Waals surface area contributed by atoms with E-state index in [1.165, 1.54) is 44.5 Å². The molecule has 8 heteroatoms. The molecule has 0 bridgehead atoms. The van der Waals surface area contributed by atoms with Gasteiger partial charge in [0.15, 0.2) is 6.29 Å². The topological polar surface area (TPSA) is 55.4 Å². The predicted octanol–water partition coefficient (Wildman–Crippen LogP) is 10.5. The van der Waals surface area contributed by atoms with Gasteiger partial charge in [-0.25, -0.2) is 0 Å². The summed E-state index contributed by atoms with van der Waals surface area (Å²) in [7, 11) is -1.13. The van der Waals surface area contributed by atoms with Gasteiger partial charge in [-0.2, -0.15) is 0 Å². The van der Waals surface area contributed by atoms with Crippen LogP contribution in [0.4, 0.5) is 0 Å². The standard InChI is InChI=1S/C53H60O6P2/c1-35-20-36(2)25-45(24-35)60(46-26-37(3)21-38(4)27-46)58-50-49(34-55-32-43-16-12-10-13-17-43)57-53(54-9)52(56-33-44-18-14-11-15-19-44)51(50)59-61(47-28-39(5)22-40(6)29-47)48-30-41(7)23-42(8)31-48/h10-31,49-53H,32-34H2,1-9H3/t49-,50-,51+,52+,53+/m1/s1. The Morgan fingerprint density at radius 2 is 0.803 bits per heavy atom. The van der Waals surface area contributed by atoms with Crippen molar-refractivity contribution in [1.82, 2.24) is 0 Å². The number of aryl methyl sites for hydroxylation is 8. The summed E-state index contributed by atoms with van der Waals surface area (Å²) < 4.78 is 42.4. The zero-order chi connectivity index (χ0) is 43.0. The highest BCUT2D eigenvalue weighted by atomic mass is 31.1. The van der Waals surface area contributed by atoms with Gasteiger partial charge in [0.1, 0.15) is 24.4 Å². The summed E-state index contributed by atoms with van der Waals surface area (Å²) in [5.41, 5.74) is 11.6. The Hall–Kier alpha value is -4.06.